The molecule has 3 rings (SSSR count). The van der Waals surface area contributed by atoms with Gasteiger partial charge in [-0.05, 0) is 25.0 Å². The average Bonchev–Trinajstić information content (AvgIpc) is 2.73. The number of carbonyl (C=O) groups is 1. The van der Waals surface area contributed by atoms with Crippen LogP contribution in [0.3, 0.4) is 0 Å². The lowest BCUT2D eigenvalue weighted by molar-refractivity contribution is 0.0751. The van der Waals surface area contributed by atoms with Crippen molar-refractivity contribution in [2.24, 2.45) is 0 Å². The van der Waals surface area contributed by atoms with Crippen LogP contribution in [0.4, 0.5) is 5.95 Å². The molecule has 0 aliphatic heterocycles. The molecule has 1 heterocycles. The number of rotatable bonds is 7. The van der Waals surface area contributed by atoms with Gasteiger partial charge in [-0.1, -0.05) is 60.7 Å². The van der Waals surface area contributed by atoms with E-state index in [4.69, 9.17) is 0 Å². The zero-order valence-electron chi connectivity index (χ0n) is 15.7. The van der Waals surface area contributed by atoms with Gasteiger partial charge in [0.05, 0.1) is 11.6 Å². The Morgan fingerprint density at radius 1 is 1.00 bits per heavy atom. The van der Waals surface area contributed by atoms with Crippen LogP contribution in [0, 0.1) is 0 Å². The summed E-state index contributed by atoms with van der Waals surface area (Å²) in [6.45, 7) is 5.22. The quantitative estimate of drug-likeness (QED) is 0.682. The number of carbonyl (C=O) groups excluding carboxylic acids is 1. The molecule has 27 heavy (non-hydrogen) atoms. The molecule has 2 aromatic carbocycles. The zero-order valence-corrected chi connectivity index (χ0v) is 15.7. The molecular weight excluding hydrogens is 336 g/mol. The molecule has 1 amide bonds. The van der Waals surface area contributed by atoms with E-state index < -0.39 is 0 Å². The summed E-state index contributed by atoms with van der Waals surface area (Å²) in [6, 6.07) is 20.1. The Balaban J connectivity index is 1.65. The van der Waals surface area contributed by atoms with E-state index >= 15 is 0 Å². The van der Waals surface area contributed by atoms with E-state index in [9.17, 15) is 4.79 Å². The number of benzene rings is 2. The first-order valence-electron chi connectivity index (χ1n) is 9.14. The van der Waals surface area contributed by atoms with E-state index in [1.807, 2.05) is 55.5 Å². The molecular formula is C22H24N4O. The van der Waals surface area contributed by atoms with E-state index in [0.29, 0.717) is 24.6 Å². The fraction of sp³-hybridized carbons (Fsp3) is 0.227. The van der Waals surface area contributed by atoms with Gasteiger partial charge in [0.2, 0.25) is 5.95 Å². The maximum Gasteiger partial charge on any atom is 0.257 e. The second-order valence-corrected chi connectivity index (χ2v) is 6.38. The molecule has 1 unspecified atom stereocenters. The van der Waals surface area contributed by atoms with Crippen LogP contribution in [-0.4, -0.2) is 27.3 Å². The minimum absolute atomic E-state index is 0.0657. The van der Waals surface area contributed by atoms with Crippen molar-refractivity contribution < 1.29 is 4.79 Å². The number of aromatic nitrogens is 2. The Labute approximate surface area is 160 Å². The first-order chi connectivity index (χ1) is 13.2. The van der Waals surface area contributed by atoms with Crippen molar-refractivity contribution in [3.8, 4) is 0 Å². The highest BCUT2D eigenvalue weighted by atomic mass is 16.2. The van der Waals surface area contributed by atoms with Crippen molar-refractivity contribution in [2.75, 3.05) is 11.9 Å². The van der Waals surface area contributed by atoms with Crippen molar-refractivity contribution in [1.29, 1.82) is 0 Å². The summed E-state index contributed by atoms with van der Waals surface area (Å²) in [4.78, 5) is 23.2. The molecule has 3 aromatic rings. The van der Waals surface area contributed by atoms with Gasteiger partial charge in [-0.2, -0.15) is 0 Å². The van der Waals surface area contributed by atoms with Crippen LogP contribution in [0.15, 0.2) is 73.1 Å². The third-order valence-corrected chi connectivity index (χ3v) is 4.43. The van der Waals surface area contributed by atoms with Crippen molar-refractivity contribution in [3.63, 3.8) is 0 Å². The van der Waals surface area contributed by atoms with Gasteiger partial charge in [0.25, 0.3) is 5.91 Å². The Morgan fingerprint density at radius 2 is 1.59 bits per heavy atom. The summed E-state index contributed by atoms with van der Waals surface area (Å²) < 4.78 is 0. The maximum atomic E-state index is 12.8. The second-order valence-electron chi connectivity index (χ2n) is 6.38. The van der Waals surface area contributed by atoms with Gasteiger partial charge in [0.1, 0.15) is 0 Å². The molecule has 5 nitrogen and oxygen atoms in total. The Morgan fingerprint density at radius 3 is 2.19 bits per heavy atom. The second kappa shape index (κ2) is 8.94. The largest absolute Gasteiger partial charge is 0.348 e. The smallest absolute Gasteiger partial charge is 0.257 e. The number of nitrogens with zero attached hydrogens (tertiary/aromatic N) is 3. The fourth-order valence-electron chi connectivity index (χ4n) is 2.85. The lowest BCUT2D eigenvalue weighted by Gasteiger charge is -2.21. The lowest BCUT2D eigenvalue weighted by Crippen LogP contribution is -2.30. The molecule has 0 saturated heterocycles. The molecule has 5 heteroatoms. The number of hydrogen-bond donors (Lipinski definition) is 1. The van der Waals surface area contributed by atoms with E-state index in [2.05, 4.69) is 34.3 Å². The Hall–Kier alpha value is -3.21. The predicted molar refractivity (Wildman–Crippen MR) is 107 cm³/mol. The summed E-state index contributed by atoms with van der Waals surface area (Å²) in [5.41, 5.74) is 2.75. The molecule has 1 atom stereocenters. The monoisotopic (exact) mass is 360 g/mol. The van der Waals surface area contributed by atoms with Crippen molar-refractivity contribution in [3.05, 3.63) is 89.7 Å². The number of nitrogens with one attached hydrogen (secondary N) is 1. The summed E-state index contributed by atoms with van der Waals surface area (Å²) >= 11 is 0. The number of hydrogen-bond acceptors (Lipinski definition) is 4. The molecule has 0 fully saturated rings. The van der Waals surface area contributed by atoms with E-state index in [0.717, 1.165) is 11.1 Å². The van der Waals surface area contributed by atoms with Crippen LogP contribution in [-0.2, 0) is 6.54 Å². The van der Waals surface area contributed by atoms with Crippen LogP contribution in [0.5, 0.6) is 0 Å². The van der Waals surface area contributed by atoms with Gasteiger partial charge in [-0.25, -0.2) is 9.97 Å². The minimum Gasteiger partial charge on any atom is -0.348 e. The van der Waals surface area contributed by atoms with Crippen molar-refractivity contribution in [1.82, 2.24) is 14.9 Å². The standard InChI is InChI=1S/C22H24N4O/c1-3-26(16-18-10-6-4-7-11-18)21(27)20-14-23-22(24-15-20)25-17(2)19-12-8-5-9-13-19/h4-15,17H,3,16H2,1-2H3,(H,23,24,25). The Kier molecular flexibility index (Phi) is 6.15. The summed E-state index contributed by atoms with van der Waals surface area (Å²) in [6.07, 6.45) is 3.17. The normalized spacial score (nSPS) is 11.6. The van der Waals surface area contributed by atoms with Gasteiger partial charge in [-0.3, -0.25) is 4.79 Å². The van der Waals surface area contributed by atoms with Gasteiger partial charge in [0, 0.05) is 25.5 Å². The van der Waals surface area contributed by atoms with Crippen LogP contribution in [0.1, 0.15) is 41.4 Å². The third-order valence-electron chi connectivity index (χ3n) is 4.43. The molecule has 1 N–H and O–H groups in total. The average molecular weight is 360 g/mol. The minimum atomic E-state index is -0.0657. The third kappa shape index (κ3) is 4.91. The molecule has 0 spiro atoms. The molecule has 0 aliphatic rings. The van der Waals surface area contributed by atoms with Crippen LogP contribution in [0.25, 0.3) is 0 Å². The molecule has 0 bridgehead atoms. The SMILES string of the molecule is CCN(Cc1ccccc1)C(=O)c1cnc(NC(C)c2ccccc2)nc1. The van der Waals surface area contributed by atoms with Crippen molar-refractivity contribution >= 4 is 11.9 Å². The van der Waals surface area contributed by atoms with Gasteiger partial charge < -0.3 is 10.2 Å². The highest BCUT2D eigenvalue weighted by Gasteiger charge is 2.16. The first-order valence-corrected chi connectivity index (χ1v) is 9.14. The summed E-state index contributed by atoms with van der Waals surface area (Å²) in [7, 11) is 0. The van der Waals surface area contributed by atoms with Crippen LogP contribution in [0.2, 0.25) is 0 Å². The zero-order chi connectivity index (χ0) is 19.1. The van der Waals surface area contributed by atoms with Gasteiger partial charge >= 0.3 is 0 Å². The molecule has 0 aliphatic carbocycles. The highest BCUT2D eigenvalue weighted by Crippen LogP contribution is 2.16. The molecule has 138 valence electrons. The van der Waals surface area contributed by atoms with Crippen molar-refractivity contribution in [2.45, 2.75) is 26.4 Å². The predicted octanol–water partition coefficient (Wildman–Crippen LogP) is 4.31. The maximum absolute atomic E-state index is 12.8. The fourth-order valence-corrected chi connectivity index (χ4v) is 2.85. The van der Waals surface area contributed by atoms with E-state index in [1.165, 1.54) is 0 Å². The Bertz CT molecular complexity index is 851. The molecule has 0 radical (unpaired) electrons. The topological polar surface area (TPSA) is 58.1 Å². The molecule has 1 aromatic heterocycles. The summed E-state index contributed by atoms with van der Waals surface area (Å²) in [5, 5.41) is 3.26. The number of amides is 1. The van der Waals surface area contributed by atoms with Crippen LogP contribution >= 0.6 is 0 Å². The van der Waals surface area contributed by atoms with E-state index in [-0.39, 0.29) is 11.9 Å². The number of anilines is 1. The highest BCUT2D eigenvalue weighted by molar-refractivity contribution is 5.93. The first kappa shape index (κ1) is 18.6. The molecule has 0 saturated carbocycles. The van der Waals surface area contributed by atoms with Gasteiger partial charge in [-0.15, -0.1) is 0 Å². The van der Waals surface area contributed by atoms with Crippen LogP contribution < -0.4 is 5.32 Å². The van der Waals surface area contributed by atoms with Gasteiger partial charge in [0.15, 0.2) is 0 Å². The lowest BCUT2D eigenvalue weighted by atomic mass is 10.1. The summed E-state index contributed by atoms with van der Waals surface area (Å²) in [5.74, 6) is 0.443. The van der Waals surface area contributed by atoms with E-state index in [1.54, 1.807) is 17.3 Å².